The van der Waals surface area contributed by atoms with Gasteiger partial charge in [-0.05, 0) is 49.4 Å². The smallest absolute Gasteiger partial charge is 0.407 e. The highest BCUT2D eigenvalue weighted by atomic mass is 16.5. The Hall–Kier alpha value is -2.49. The molecule has 1 aliphatic rings. The van der Waals surface area contributed by atoms with Gasteiger partial charge in [0.15, 0.2) is 0 Å². The number of hydrogen-bond donors (Lipinski definition) is 2. The third-order valence-corrected chi connectivity index (χ3v) is 4.64. The molecule has 0 bridgehead atoms. The van der Waals surface area contributed by atoms with E-state index in [0.717, 1.165) is 18.4 Å². The van der Waals surface area contributed by atoms with Crippen molar-refractivity contribution in [2.24, 2.45) is 0 Å². The van der Waals surface area contributed by atoms with E-state index in [9.17, 15) is 4.79 Å². The number of ether oxygens (including phenoxy) is 1. The van der Waals surface area contributed by atoms with Crippen LogP contribution in [0.25, 0.3) is 0 Å². The summed E-state index contributed by atoms with van der Waals surface area (Å²) >= 11 is 0. The van der Waals surface area contributed by atoms with Crippen molar-refractivity contribution in [2.75, 3.05) is 5.32 Å². The van der Waals surface area contributed by atoms with Crippen molar-refractivity contribution in [1.82, 2.24) is 5.32 Å². The molecule has 0 heterocycles. The maximum atomic E-state index is 11.8. The van der Waals surface area contributed by atoms with Crippen LogP contribution in [0.2, 0.25) is 0 Å². The van der Waals surface area contributed by atoms with Crippen LogP contribution in [0, 0.1) is 13.8 Å². The van der Waals surface area contributed by atoms with E-state index in [-0.39, 0.29) is 12.1 Å². The number of aryl methyl sites for hydroxylation is 1. The molecule has 126 valence electrons. The molecule has 2 aromatic rings. The van der Waals surface area contributed by atoms with Crippen molar-refractivity contribution in [3.8, 4) is 0 Å². The minimum Gasteiger partial charge on any atom is -0.445 e. The van der Waals surface area contributed by atoms with Crippen LogP contribution in [0.5, 0.6) is 0 Å². The fourth-order valence-corrected chi connectivity index (χ4v) is 2.91. The van der Waals surface area contributed by atoms with Gasteiger partial charge in [-0.2, -0.15) is 0 Å². The monoisotopic (exact) mass is 324 g/mol. The normalized spacial score (nSPS) is 19.2. The highest BCUT2D eigenvalue weighted by molar-refractivity contribution is 5.68. The molecule has 0 radical (unpaired) electrons. The van der Waals surface area contributed by atoms with Gasteiger partial charge in [0.05, 0.1) is 0 Å². The summed E-state index contributed by atoms with van der Waals surface area (Å²) < 4.78 is 5.25. The molecule has 0 aliphatic heterocycles. The predicted octanol–water partition coefficient (Wildman–Crippen LogP) is 4.17. The number of rotatable bonds is 5. The van der Waals surface area contributed by atoms with Crippen LogP contribution >= 0.6 is 0 Å². The second-order valence-electron chi connectivity index (χ2n) is 6.46. The summed E-state index contributed by atoms with van der Waals surface area (Å²) in [6.07, 6.45) is 1.51. The molecule has 1 fully saturated rings. The minimum absolute atomic E-state index is 0.191. The Morgan fingerprint density at radius 2 is 1.79 bits per heavy atom. The second kappa shape index (κ2) is 7.39. The Kier molecular flexibility index (Phi) is 5.04. The van der Waals surface area contributed by atoms with E-state index < -0.39 is 0 Å². The molecule has 0 saturated heterocycles. The van der Waals surface area contributed by atoms with Gasteiger partial charge in [0.25, 0.3) is 0 Å². The van der Waals surface area contributed by atoms with Crippen LogP contribution < -0.4 is 10.6 Å². The molecule has 0 unspecified atom stereocenters. The van der Waals surface area contributed by atoms with Crippen LogP contribution in [-0.4, -0.2) is 18.2 Å². The number of benzene rings is 2. The molecule has 4 nitrogen and oxygen atoms in total. The standard InChI is InChI=1S/C20H24N2O2/c1-14-7-6-10-19(15(14)2)21-17-11-18(12-17)22-20(23)24-13-16-8-4-3-5-9-16/h3-10,17-18,21H,11-13H2,1-2H3,(H,22,23). The largest absolute Gasteiger partial charge is 0.445 e. The number of anilines is 1. The molecule has 1 saturated carbocycles. The fourth-order valence-electron chi connectivity index (χ4n) is 2.91. The lowest BCUT2D eigenvalue weighted by Gasteiger charge is -2.37. The molecule has 1 aliphatic carbocycles. The zero-order valence-corrected chi connectivity index (χ0v) is 14.2. The molecule has 1 amide bonds. The molecule has 24 heavy (non-hydrogen) atoms. The molecule has 0 aromatic heterocycles. The number of nitrogens with one attached hydrogen (secondary N) is 2. The van der Waals surface area contributed by atoms with E-state index in [4.69, 9.17) is 4.74 Å². The van der Waals surface area contributed by atoms with Gasteiger partial charge in [0.1, 0.15) is 6.61 Å². The summed E-state index contributed by atoms with van der Waals surface area (Å²) in [5, 5.41) is 6.48. The zero-order chi connectivity index (χ0) is 16.9. The summed E-state index contributed by atoms with van der Waals surface area (Å²) in [7, 11) is 0. The van der Waals surface area contributed by atoms with Crippen molar-refractivity contribution in [1.29, 1.82) is 0 Å². The van der Waals surface area contributed by atoms with Gasteiger partial charge in [0, 0.05) is 17.8 Å². The van der Waals surface area contributed by atoms with Crippen molar-refractivity contribution < 1.29 is 9.53 Å². The first kappa shape index (κ1) is 16.4. The maximum Gasteiger partial charge on any atom is 0.407 e. The van der Waals surface area contributed by atoms with E-state index in [1.165, 1.54) is 16.8 Å². The van der Waals surface area contributed by atoms with E-state index in [0.29, 0.717) is 12.6 Å². The van der Waals surface area contributed by atoms with Gasteiger partial charge in [0.2, 0.25) is 0 Å². The minimum atomic E-state index is -0.339. The first-order valence-electron chi connectivity index (χ1n) is 8.42. The van der Waals surface area contributed by atoms with E-state index in [2.05, 4.69) is 42.7 Å². The van der Waals surface area contributed by atoms with E-state index >= 15 is 0 Å². The molecular weight excluding hydrogens is 300 g/mol. The Labute approximate surface area is 143 Å². The molecule has 0 atom stereocenters. The van der Waals surface area contributed by atoms with E-state index in [1.807, 2.05) is 30.3 Å². The maximum absolute atomic E-state index is 11.8. The van der Waals surface area contributed by atoms with Crippen molar-refractivity contribution in [3.05, 3.63) is 65.2 Å². The Morgan fingerprint density at radius 3 is 2.54 bits per heavy atom. The van der Waals surface area contributed by atoms with E-state index in [1.54, 1.807) is 0 Å². The highest BCUT2D eigenvalue weighted by Gasteiger charge is 2.30. The number of carbonyl (C=O) groups is 1. The molecule has 2 N–H and O–H groups in total. The molecule has 3 rings (SSSR count). The predicted molar refractivity (Wildman–Crippen MR) is 96.1 cm³/mol. The zero-order valence-electron chi connectivity index (χ0n) is 14.2. The van der Waals surface area contributed by atoms with Gasteiger partial charge in [-0.15, -0.1) is 0 Å². The quantitative estimate of drug-likeness (QED) is 0.868. The van der Waals surface area contributed by atoms with Crippen LogP contribution in [0.1, 0.15) is 29.5 Å². The number of alkyl carbamates (subject to hydrolysis) is 1. The Balaban J connectivity index is 1.39. The van der Waals surface area contributed by atoms with Crippen molar-refractivity contribution in [3.63, 3.8) is 0 Å². The van der Waals surface area contributed by atoms with Gasteiger partial charge < -0.3 is 15.4 Å². The molecule has 0 spiro atoms. The second-order valence-corrected chi connectivity index (χ2v) is 6.46. The van der Waals surface area contributed by atoms with Crippen LogP contribution in [-0.2, 0) is 11.3 Å². The highest BCUT2D eigenvalue weighted by Crippen LogP contribution is 2.27. The number of hydrogen-bond acceptors (Lipinski definition) is 3. The van der Waals surface area contributed by atoms with Crippen molar-refractivity contribution in [2.45, 2.75) is 45.4 Å². The summed E-state index contributed by atoms with van der Waals surface area (Å²) in [4.78, 5) is 11.8. The summed E-state index contributed by atoms with van der Waals surface area (Å²) in [6.45, 7) is 4.56. The first-order chi connectivity index (χ1) is 11.6. The SMILES string of the molecule is Cc1cccc(NC2CC(NC(=O)OCc3ccccc3)C2)c1C. The van der Waals surface area contributed by atoms with Crippen LogP contribution in [0.4, 0.5) is 10.5 Å². The average molecular weight is 324 g/mol. The fraction of sp³-hybridized carbons (Fsp3) is 0.350. The Morgan fingerprint density at radius 1 is 1.04 bits per heavy atom. The third kappa shape index (κ3) is 4.07. The van der Waals surface area contributed by atoms with Crippen LogP contribution in [0.3, 0.4) is 0 Å². The van der Waals surface area contributed by atoms with Gasteiger partial charge in [-0.1, -0.05) is 42.5 Å². The van der Waals surface area contributed by atoms with Crippen molar-refractivity contribution >= 4 is 11.8 Å². The summed E-state index contributed by atoms with van der Waals surface area (Å²) in [6, 6.07) is 16.6. The lowest BCUT2D eigenvalue weighted by atomic mass is 9.86. The molecular formula is C20H24N2O2. The summed E-state index contributed by atoms with van der Waals surface area (Å²) in [5.41, 5.74) is 4.76. The Bertz CT molecular complexity index is 694. The van der Waals surface area contributed by atoms with Crippen LogP contribution in [0.15, 0.2) is 48.5 Å². The molecule has 4 heteroatoms. The lowest BCUT2D eigenvalue weighted by molar-refractivity contribution is 0.129. The molecule has 2 aromatic carbocycles. The first-order valence-corrected chi connectivity index (χ1v) is 8.42. The number of amides is 1. The average Bonchev–Trinajstić information content (AvgIpc) is 2.56. The van der Waals surface area contributed by atoms with Gasteiger partial charge in [-0.3, -0.25) is 0 Å². The summed E-state index contributed by atoms with van der Waals surface area (Å²) in [5.74, 6) is 0. The lowest BCUT2D eigenvalue weighted by Crippen LogP contribution is -2.49. The van der Waals surface area contributed by atoms with Gasteiger partial charge in [-0.25, -0.2) is 4.79 Å². The third-order valence-electron chi connectivity index (χ3n) is 4.64. The van der Waals surface area contributed by atoms with Gasteiger partial charge >= 0.3 is 6.09 Å². The topological polar surface area (TPSA) is 50.4 Å². The number of carbonyl (C=O) groups excluding carboxylic acids is 1.